The van der Waals surface area contributed by atoms with Gasteiger partial charge in [0, 0.05) is 44.8 Å². The zero-order valence-corrected chi connectivity index (χ0v) is 18.3. The number of urea groups is 1. The van der Waals surface area contributed by atoms with E-state index < -0.39 is 0 Å². The Balaban J connectivity index is 1.20. The number of hydrogen-bond donors (Lipinski definition) is 2. The van der Waals surface area contributed by atoms with Gasteiger partial charge in [0.2, 0.25) is 0 Å². The molecule has 1 aromatic heterocycles. The fourth-order valence-electron chi connectivity index (χ4n) is 4.71. The molecule has 1 saturated carbocycles. The molecule has 166 valence electrons. The molecular formula is C25H28N4O3. The zero-order valence-electron chi connectivity index (χ0n) is 18.3. The summed E-state index contributed by atoms with van der Waals surface area (Å²) in [6.45, 7) is 2.36. The topological polar surface area (TPSA) is 83.6 Å². The maximum atomic E-state index is 13.0. The van der Waals surface area contributed by atoms with Gasteiger partial charge in [0.25, 0.3) is 0 Å². The van der Waals surface area contributed by atoms with Crippen molar-refractivity contribution in [1.29, 1.82) is 0 Å². The van der Waals surface area contributed by atoms with E-state index in [1.54, 1.807) is 18.2 Å². The van der Waals surface area contributed by atoms with Gasteiger partial charge in [-0.05, 0) is 59.7 Å². The van der Waals surface area contributed by atoms with Gasteiger partial charge >= 0.3 is 6.03 Å². The highest BCUT2D eigenvalue weighted by Gasteiger charge is 2.51. The molecule has 2 aromatic rings. The van der Waals surface area contributed by atoms with Crippen LogP contribution in [0.1, 0.15) is 36.0 Å². The third-order valence-electron chi connectivity index (χ3n) is 6.77. The third kappa shape index (κ3) is 4.06. The molecule has 7 heteroatoms. The summed E-state index contributed by atoms with van der Waals surface area (Å²) in [5.74, 6) is 0.274. The van der Waals surface area contributed by atoms with Crippen molar-refractivity contribution in [3.8, 4) is 0 Å². The summed E-state index contributed by atoms with van der Waals surface area (Å²) in [6.07, 6.45) is 8.24. The van der Waals surface area contributed by atoms with Gasteiger partial charge in [-0.15, -0.1) is 0 Å². The number of pyridine rings is 1. The first-order valence-corrected chi connectivity index (χ1v) is 11.1. The Morgan fingerprint density at radius 3 is 2.69 bits per heavy atom. The van der Waals surface area contributed by atoms with Gasteiger partial charge in [0.1, 0.15) is 0 Å². The lowest BCUT2D eigenvalue weighted by Gasteiger charge is -2.27. The number of hydrogen-bond acceptors (Lipinski definition) is 5. The molecule has 3 aliphatic rings. The molecule has 2 N–H and O–H groups in total. The van der Waals surface area contributed by atoms with Gasteiger partial charge in [-0.2, -0.15) is 0 Å². The van der Waals surface area contributed by atoms with Crippen molar-refractivity contribution in [3.05, 3.63) is 65.5 Å². The van der Waals surface area contributed by atoms with Crippen LogP contribution < -0.4 is 10.6 Å². The van der Waals surface area contributed by atoms with Crippen LogP contribution in [0.2, 0.25) is 0 Å². The molecule has 7 nitrogen and oxygen atoms in total. The molecule has 0 bridgehead atoms. The molecule has 3 heterocycles. The number of carbonyl (C=O) groups is 2. The number of aromatic nitrogens is 1. The number of carbonyl (C=O) groups excluding carboxylic acids is 2. The van der Waals surface area contributed by atoms with Crippen LogP contribution in [0.25, 0.3) is 5.57 Å². The van der Waals surface area contributed by atoms with E-state index in [1.807, 2.05) is 36.5 Å². The summed E-state index contributed by atoms with van der Waals surface area (Å²) in [6, 6.07) is 9.54. The third-order valence-corrected chi connectivity index (χ3v) is 6.77. The van der Waals surface area contributed by atoms with Crippen molar-refractivity contribution in [1.82, 2.24) is 15.2 Å². The highest BCUT2D eigenvalue weighted by molar-refractivity contribution is 5.94. The van der Waals surface area contributed by atoms with E-state index in [2.05, 4.69) is 21.7 Å². The molecular weight excluding hydrogens is 404 g/mol. The first-order chi connectivity index (χ1) is 15.6. The summed E-state index contributed by atoms with van der Waals surface area (Å²) in [5, 5.41) is 6.34. The number of fused-ring (bicyclic) bond motifs is 1. The molecule has 0 radical (unpaired) electrons. The van der Waals surface area contributed by atoms with E-state index in [0.29, 0.717) is 32.7 Å². The van der Waals surface area contributed by atoms with Crippen molar-refractivity contribution in [2.24, 2.45) is 5.41 Å². The van der Waals surface area contributed by atoms with E-state index in [0.717, 1.165) is 40.8 Å². The van der Waals surface area contributed by atoms with Crippen molar-refractivity contribution >= 4 is 23.1 Å². The van der Waals surface area contributed by atoms with Crippen molar-refractivity contribution in [2.75, 3.05) is 25.6 Å². The molecule has 5 rings (SSSR count). The molecule has 32 heavy (non-hydrogen) atoms. The highest BCUT2D eigenvalue weighted by Crippen LogP contribution is 2.48. The van der Waals surface area contributed by atoms with Crippen LogP contribution in [0.3, 0.4) is 0 Å². The quantitative estimate of drug-likeness (QED) is 0.731. The summed E-state index contributed by atoms with van der Waals surface area (Å²) in [7, 11) is 1.66. The minimum absolute atomic E-state index is 0.117. The van der Waals surface area contributed by atoms with Gasteiger partial charge in [-0.3, -0.25) is 9.78 Å². The predicted octanol–water partition coefficient (Wildman–Crippen LogP) is 3.37. The normalized spacial score (nSPS) is 21.0. The van der Waals surface area contributed by atoms with E-state index in [9.17, 15) is 9.59 Å². The summed E-state index contributed by atoms with van der Waals surface area (Å²) < 4.78 is 5.29. The number of ether oxygens (including phenoxy) is 1. The Morgan fingerprint density at radius 2 is 1.97 bits per heavy atom. The largest absolute Gasteiger partial charge is 0.384 e. The van der Waals surface area contributed by atoms with Crippen molar-refractivity contribution < 1.29 is 14.3 Å². The van der Waals surface area contributed by atoms with Gasteiger partial charge < -0.3 is 20.3 Å². The molecule has 2 amide bonds. The molecule has 0 spiro atoms. The predicted molar refractivity (Wildman–Crippen MR) is 122 cm³/mol. The number of benzene rings is 1. The summed E-state index contributed by atoms with van der Waals surface area (Å²) >= 11 is 0. The number of nitrogens with zero attached hydrogens (tertiary/aromatic N) is 2. The maximum Gasteiger partial charge on any atom is 0.322 e. The maximum absolute atomic E-state index is 13.0. The fourth-order valence-corrected chi connectivity index (χ4v) is 4.71. The number of ketones is 1. The van der Waals surface area contributed by atoms with E-state index >= 15 is 0 Å². The number of anilines is 1. The average molecular weight is 433 g/mol. The molecule has 1 fully saturated rings. The number of rotatable bonds is 6. The molecule has 1 unspecified atom stereocenters. The van der Waals surface area contributed by atoms with Crippen molar-refractivity contribution in [2.45, 2.75) is 38.4 Å². The second-order valence-electron chi connectivity index (χ2n) is 8.98. The fraction of sp³-hybridized carbons (Fsp3) is 0.400. The van der Waals surface area contributed by atoms with Crippen LogP contribution in [0.15, 0.2) is 48.8 Å². The number of methoxy groups -OCH3 is 1. The van der Waals surface area contributed by atoms with E-state index in [4.69, 9.17) is 4.74 Å². The SMILES string of the molecule is COCC1(C(=O)C2CC(c3ccc(NC(=O)N4Cc5ccncc5C4)cc3)=CCN2)CC1. The van der Waals surface area contributed by atoms with Crippen LogP contribution in [0.5, 0.6) is 0 Å². The molecule has 2 aliphatic heterocycles. The highest BCUT2D eigenvalue weighted by atomic mass is 16.5. The Kier molecular flexibility index (Phi) is 5.53. The van der Waals surface area contributed by atoms with E-state index in [-0.39, 0.29) is 23.3 Å². The monoisotopic (exact) mass is 432 g/mol. The number of nitrogens with one attached hydrogen (secondary N) is 2. The first kappa shape index (κ1) is 20.8. The van der Waals surface area contributed by atoms with Crippen LogP contribution in [0, 0.1) is 5.41 Å². The second-order valence-corrected chi connectivity index (χ2v) is 8.98. The smallest absolute Gasteiger partial charge is 0.322 e. The van der Waals surface area contributed by atoms with Gasteiger partial charge in [-0.1, -0.05) is 18.2 Å². The molecule has 0 saturated heterocycles. The first-order valence-electron chi connectivity index (χ1n) is 11.1. The Hall–Kier alpha value is -3.03. The van der Waals surface area contributed by atoms with Crippen LogP contribution in [0.4, 0.5) is 10.5 Å². The average Bonchev–Trinajstić information content (AvgIpc) is 3.47. The Bertz CT molecular complexity index is 1030. The van der Waals surface area contributed by atoms with E-state index in [1.165, 1.54) is 0 Å². The van der Waals surface area contributed by atoms with Crippen LogP contribution in [-0.2, 0) is 22.6 Å². The number of amides is 2. The van der Waals surface area contributed by atoms with Crippen LogP contribution in [-0.4, -0.2) is 48.0 Å². The van der Waals surface area contributed by atoms with Crippen LogP contribution >= 0.6 is 0 Å². The molecule has 1 aromatic carbocycles. The molecule has 1 atom stereocenters. The second kappa shape index (κ2) is 8.48. The zero-order chi connectivity index (χ0) is 22.1. The lowest BCUT2D eigenvalue weighted by molar-refractivity contribution is -0.128. The minimum atomic E-state index is -0.283. The lowest BCUT2D eigenvalue weighted by Crippen LogP contribution is -2.44. The standard InChI is InChI=1S/C25H28N4O3/c1-32-16-25(8-9-25)23(30)22-12-18(7-11-27-22)17-2-4-21(5-3-17)28-24(31)29-14-19-6-10-26-13-20(19)15-29/h2-7,10,13,22,27H,8-9,11-12,14-16H2,1H3,(H,28,31). The molecule has 1 aliphatic carbocycles. The number of Topliss-reactive ketones (excluding diaryl/α,β-unsaturated/α-hetero) is 1. The van der Waals surface area contributed by atoms with Gasteiger partial charge in [0.15, 0.2) is 5.78 Å². The lowest BCUT2D eigenvalue weighted by atomic mass is 9.87. The Morgan fingerprint density at radius 1 is 1.19 bits per heavy atom. The Labute approximate surface area is 187 Å². The van der Waals surface area contributed by atoms with Crippen molar-refractivity contribution in [3.63, 3.8) is 0 Å². The van der Waals surface area contributed by atoms with Gasteiger partial charge in [0.05, 0.1) is 18.1 Å². The van der Waals surface area contributed by atoms with Gasteiger partial charge in [-0.25, -0.2) is 4.79 Å². The minimum Gasteiger partial charge on any atom is -0.384 e. The summed E-state index contributed by atoms with van der Waals surface area (Å²) in [5.41, 5.74) is 4.96. The summed E-state index contributed by atoms with van der Waals surface area (Å²) in [4.78, 5) is 31.6.